The maximum atomic E-state index is 5.90. The number of hydrogen-bond acceptors (Lipinski definition) is 5. The zero-order chi connectivity index (χ0) is 12.3. The third kappa shape index (κ3) is 3.08. The summed E-state index contributed by atoms with van der Waals surface area (Å²) in [6.45, 7) is 3.94. The van der Waals surface area contributed by atoms with E-state index in [9.17, 15) is 0 Å². The van der Waals surface area contributed by atoms with E-state index >= 15 is 0 Å². The highest BCUT2D eigenvalue weighted by molar-refractivity contribution is 7.99. The third-order valence-electron chi connectivity index (χ3n) is 2.38. The molecule has 0 aliphatic rings. The molecule has 0 aliphatic carbocycles. The fraction of sp³-hybridized carbons (Fsp3) is 0.333. The highest BCUT2D eigenvalue weighted by Crippen LogP contribution is 2.26. The minimum atomic E-state index is 0.0121. The molecule has 0 radical (unpaired) electrons. The molecule has 1 atom stereocenters. The van der Waals surface area contributed by atoms with E-state index in [4.69, 9.17) is 10.2 Å². The Labute approximate surface area is 105 Å². The Morgan fingerprint density at radius 3 is 2.82 bits per heavy atom. The van der Waals surface area contributed by atoms with Crippen LogP contribution in [0.25, 0.3) is 0 Å². The predicted octanol–water partition coefficient (Wildman–Crippen LogP) is 2.94. The molecule has 5 heteroatoms. The summed E-state index contributed by atoms with van der Waals surface area (Å²) in [5.41, 5.74) is 7.70. The predicted molar refractivity (Wildman–Crippen MR) is 66.8 cm³/mol. The number of aryl methyl sites for hydroxylation is 1. The number of aromatic nitrogens is 2. The quantitative estimate of drug-likeness (QED) is 0.902. The van der Waals surface area contributed by atoms with Gasteiger partial charge in [0.1, 0.15) is 6.26 Å². The van der Waals surface area contributed by atoms with Crippen LogP contribution in [-0.2, 0) is 0 Å². The molecule has 0 saturated heterocycles. The van der Waals surface area contributed by atoms with Gasteiger partial charge in [-0.05, 0) is 37.2 Å². The first-order valence-corrected chi connectivity index (χ1v) is 6.32. The van der Waals surface area contributed by atoms with Gasteiger partial charge >= 0.3 is 0 Å². The topological polar surface area (TPSA) is 64.9 Å². The highest BCUT2D eigenvalue weighted by Gasteiger charge is 2.07. The van der Waals surface area contributed by atoms with Crippen molar-refractivity contribution in [2.24, 2.45) is 5.73 Å². The van der Waals surface area contributed by atoms with Crippen molar-refractivity contribution in [2.45, 2.75) is 36.4 Å². The highest BCUT2D eigenvalue weighted by atomic mass is 32.2. The molecule has 0 bridgehead atoms. The molecule has 2 aromatic rings. The fourth-order valence-corrected chi connectivity index (χ4v) is 2.09. The minimum Gasteiger partial charge on any atom is -0.439 e. The molecule has 0 saturated carbocycles. The van der Waals surface area contributed by atoms with Gasteiger partial charge < -0.3 is 10.2 Å². The average molecular weight is 249 g/mol. The number of rotatable bonds is 4. The zero-order valence-corrected chi connectivity index (χ0v) is 10.7. The molecule has 2 rings (SSSR count). The van der Waals surface area contributed by atoms with Crippen molar-refractivity contribution in [3.63, 3.8) is 0 Å². The molecule has 4 nitrogen and oxygen atoms in total. The number of nitrogens with zero attached hydrogens (tertiary/aromatic N) is 2. The Bertz CT molecular complexity index is 481. The van der Waals surface area contributed by atoms with E-state index in [0.717, 1.165) is 22.7 Å². The van der Waals surface area contributed by atoms with Crippen molar-refractivity contribution < 1.29 is 4.42 Å². The number of oxazole rings is 1. The maximum absolute atomic E-state index is 5.90. The van der Waals surface area contributed by atoms with Crippen LogP contribution >= 0.6 is 11.8 Å². The van der Waals surface area contributed by atoms with E-state index in [2.05, 4.69) is 9.97 Å². The van der Waals surface area contributed by atoms with Crippen molar-refractivity contribution in [2.75, 3.05) is 0 Å². The van der Waals surface area contributed by atoms with E-state index in [1.54, 1.807) is 12.5 Å². The van der Waals surface area contributed by atoms with Crippen molar-refractivity contribution >= 4 is 11.8 Å². The van der Waals surface area contributed by atoms with Crippen LogP contribution in [0, 0.1) is 6.92 Å². The van der Waals surface area contributed by atoms with Crippen LogP contribution in [0.5, 0.6) is 0 Å². The summed E-state index contributed by atoms with van der Waals surface area (Å²) < 4.78 is 5.27. The molecule has 2 N–H and O–H groups in total. The summed E-state index contributed by atoms with van der Waals surface area (Å²) in [6, 6.07) is 3.95. The molecular formula is C12H15N3OS. The summed E-state index contributed by atoms with van der Waals surface area (Å²) in [5, 5.41) is 0.636. The first kappa shape index (κ1) is 12.1. The van der Waals surface area contributed by atoms with Gasteiger partial charge in [0.25, 0.3) is 5.22 Å². The Morgan fingerprint density at radius 1 is 1.47 bits per heavy atom. The van der Waals surface area contributed by atoms with Crippen molar-refractivity contribution in [1.82, 2.24) is 9.97 Å². The molecule has 0 amide bonds. The lowest BCUT2D eigenvalue weighted by atomic mass is 10.1. The van der Waals surface area contributed by atoms with Gasteiger partial charge in [0.05, 0.1) is 11.4 Å². The Morgan fingerprint density at radius 2 is 2.29 bits per heavy atom. The van der Waals surface area contributed by atoms with Gasteiger partial charge in [-0.15, -0.1) is 0 Å². The van der Waals surface area contributed by atoms with Crippen LogP contribution in [-0.4, -0.2) is 9.97 Å². The van der Waals surface area contributed by atoms with Crippen LogP contribution in [0.15, 0.2) is 39.1 Å². The molecule has 0 aliphatic heterocycles. The largest absolute Gasteiger partial charge is 0.439 e. The third-order valence-corrected chi connectivity index (χ3v) is 3.22. The van der Waals surface area contributed by atoms with Crippen LogP contribution < -0.4 is 5.73 Å². The molecule has 90 valence electrons. The van der Waals surface area contributed by atoms with E-state index in [1.165, 1.54) is 11.8 Å². The maximum Gasteiger partial charge on any atom is 0.260 e. The molecule has 2 heterocycles. The first-order chi connectivity index (χ1) is 8.19. The molecule has 2 aromatic heterocycles. The molecule has 0 spiro atoms. The van der Waals surface area contributed by atoms with Gasteiger partial charge in [0.15, 0.2) is 0 Å². The van der Waals surface area contributed by atoms with Crippen LogP contribution in [0.2, 0.25) is 0 Å². The average Bonchev–Trinajstić information content (AvgIpc) is 2.75. The van der Waals surface area contributed by atoms with Gasteiger partial charge in [-0.3, -0.25) is 4.98 Å². The van der Waals surface area contributed by atoms with E-state index < -0.39 is 0 Å². The van der Waals surface area contributed by atoms with Crippen molar-refractivity contribution in [3.8, 4) is 0 Å². The summed E-state index contributed by atoms with van der Waals surface area (Å²) in [7, 11) is 0. The number of hydrogen-bond donors (Lipinski definition) is 1. The van der Waals surface area contributed by atoms with E-state index in [1.807, 2.05) is 26.0 Å². The molecule has 0 aromatic carbocycles. The summed E-state index contributed by atoms with van der Waals surface area (Å²) in [5.74, 6) is 0. The second kappa shape index (κ2) is 5.33. The lowest BCUT2D eigenvalue weighted by Crippen LogP contribution is -2.10. The standard InChI is InChI=1S/C12H15N3OS/c1-3-10(13)11-5-4-9(6-14-11)17-12-15-8(2)7-16-12/h4-7,10H,3,13H2,1-2H3/t10-/m1/s1. The first-order valence-electron chi connectivity index (χ1n) is 5.50. The zero-order valence-electron chi connectivity index (χ0n) is 9.88. The lowest BCUT2D eigenvalue weighted by Gasteiger charge is -2.07. The minimum absolute atomic E-state index is 0.0121. The Kier molecular flexibility index (Phi) is 3.81. The smallest absolute Gasteiger partial charge is 0.260 e. The molecular weight excluding hydrogens is 234 g/mol. The monoisotopic (exact) mass is 249 g/mol. The second-order valence-electron chi connectivity index (χ2n) is 3.79. The summed E-state index contributed by atoms with van der Waals surface area (Å²) in [4.78, 5) is 9.56. The lowest BCUT2D eigenvalue weighted by molar-refractivity contribution is 0.454. The second-order valence-corrected chi connectivity index (χ2v) is 4.82. The molecule has 17 heavy (non-hydrogen) atoms. The SMILES string of the molecule is CC[C@@H](N)c1ccc(Sc2nc(C)co2)cn1. The summed E-state index contributed by atoms with van der Waals surface area (Å²) in [6.07, 6.45) is 4.32. The van der Waals surface area contributed by atoms with E-state index in [0.29, 0.717) is 5.22 Å². The molecule has 0 unspecified atom stereocenters. The van der Waals surface area contributed by atoms with Gasteiger partial charge in [0.2, 0.25) is 0 Å². The Hall–Kier alpha value is -1.33. The van der Waals surface area contributed by atoms with Crippen molar-refractivity contribution in [1.29, 1.82) is 0 Å². The Balaban J connectivity index is 2.08. The molecule has 0 fully saturated rings. The van der Waals surface area contributed by atoms with Gasteiger partial charge in [-0.1, -0.05) is 6.92 Å². The summed E-state index contributed by atoms with van der Waals surface area (Å²) >= 11 is 1.46. The van der Waals surface area contributed by atoms with E-state index in [-0.39, 0.29) is 6.04 Å². The van der Waals surface area contributed by atoms with Gasteiger partial charge in [0, 0.05) is 17.1 Å². The van der Waals surface area contributed by atoms with Crippen molar-refractivity contribution in [3.05, 3.63) is 36.0 Å². The van der Waals surface area contributed by atoms with Crippen LogP contribution in [0.3, 0.4) is 0 Å². The number of pyridine rings is 1. The number of nitrogens with two attached hydrogens (primary N) is 1. The normalized spacial score (nSPS) is 12.6. The van der Waals surface area contributed by atoms with Gasteiger partial charge in [-0.2, -0.15) is 0 Å². The van der Waals surface area contributed by atoms with Crippen LogP contribution in [0.4, 0.5) is 0 Å². The fourth-order valence-electron chi connectivity index (χ4n) is 1.36. The van der Waals surface area contributed by atoms with Gasteiger partial charge in [-0.25, -0.2) is 4.98 Å². The van der Waals surface area contributed by atoms with Crippen LogP contribution in [0.1, 0.15) is 30.8 Å².